The van der Waals surface area contributed by atoms with Crippen LogP contribution in [0.4, 0.5) is 0 Å². The average molecular weight is 199 g/mol. The Morgan fingerprint density at radius 2 is 1.43 bits per heavy atom. The van der Waals surface area contributed by atoms with Gasteiger partial charge in [0.2, 0.25) is 0 Å². The summed E-state index contributed by atoms with van der Waals surface area (Å²) in [7, 11) is 2.07. The van der Waals surface area contributed by atoms with Crippen molar-refractivity contribution < 1.29 is 0 Å². The van der Waals surface area contributed by atoms with E-state index in [0.717, 1.165) is 23.7 Å². The molecule has 14 heavy (non-hydrogen) atoms. The van der Waals surface area contributed by atoms with Gasteiger partial charge < -0.3 is 5.32 Å². The SMILES string of the molecule is CCCC(C(C)C)C(CNC)C(C)C. The minimum absolute atomic E-state index is 0.793. The molecule has 0 bridgehead atoms. The van der Waals surface area contributed by atoms with Gasteiger partial charge in [-0.05, 0) is 37.3 Å². The summed E-state index contributed by atoms with van der Waals surface area (Å²) in [5, 5.41) is 3.34. The third-order valence-corrected chi connectivity index (χ3v) is 3.32. The van der Waals surface area contributed by atoms with Crippen molar-refractivity contribution in [1.82, 2.24) is 5.32 Å². The van der Waals surface area contributed by atoms with Crippen LogP contribution in [0.3, 0.4) is 0 Å². The smallest absolute Gasteiger partial charge is 0.00183 e. The first-order valence-corrected chi connectivity index (χ1v) is 6.19. The van der Waals surface area contributed by atoms with Crippen molar-refractivity contribution in [2.45, 2.75) is 47.5 Å². The molecule has 0 radical (unpaired) electrons. The van der Waals surface area contributed by atoms with Gasteiger partial charge >= 0.3 is 0 Å². The van der Waals surface area contributed by atoms with Gasteiger partial charge in [-0.2, -0.15) is 0 Å². The van der Waals surface area contributed by atoms with Crippen LogP contribution in [0.25, 0.3) is 0 Å². The second-order valence-electron chi connectivity index (χ2n) is 5.16. The largest absolute Gasteiger partial charge is 0.319 e. The van der Waals surface area contributed by atoms with Crippen LogP contribution in [0.15, 0.2) is 0 Å². The first kappa shape index (κ1) is 14.0. The van der Waals surface area contributed by atoms with Gasteiger partial charge in [-0.25, -0.2) is 0 Å². The number of nitrogens with one attached hydrogen (secondary N) is 1. The molecule has 1 N–H and O–H groups in total. The predicted molar refractivity (Wildman–Crippen MR) is 65.5 cm³/mol. The molecule has 2 atom stereocenters. The fourth-order valence-corrected chi connectivity index (χ4v) is 2.49. The van der Waals surface area contributed by atoms with Crippen molar-refractivity contribution in [3.63, 3.8) is 0 Å². The monoisotopic (exact) mass is 199 g/mol. The molecule has 0 saturated carbocycles. The maximum Gasteiger partial charge on any atom is -0.00183 e. The molecular formula is C13H29N. The van der Waals surface area contributed by atoms with Crippen molar-refractivity contribution in [3.8, 4) is 0 Å². The average Bonchev–Trinajstić information content (AvgIpc) is 2.10. The van der Waals surface area contributed by atoms with E-state index in [1.807, 2.05) is 0 Å². The Morgan fingerprint density at radius 3 is 1.71 bits per heavy atom. The van der Waals surface area contributed by atoms with E-state index in [-0.39, 0.29) is 0 Å². The van der Waals surface area contributed by atoms with Crippen LogP contribution in [0.2, 0.25) is 0 Å². The van der Waals surface area contributed by atoms with E-state index in [4.69, 9.17) is 0 Å². The zero-order chi connectivity index (χ0) is 11.1. The lowest BCUT2D eigenvalue weighted by molar-refractivity contribution is 0.181. The highest BCUT2D eigenvalue weighted by Crippen LogP contribution is 2.30. The summed E-state index contributed by atoms with van der Waals surface area (Å²) in [6, 6.07) is 0. The van der Waals surface area contributed by atoms with Crippen molar-refractivity contribution >= 4 is 0 Å². The van der Waals surface area contributed by atoms with E-state index >= 15 is 0 Å². The second kappa shape index (κ2) is 7.28. The molecule has 0 heterocycles. The molecule has 0 aliphatic heterocycles. The summed E-state index contributed by atoms with van der Waals surface area (Å²) >= 11 is 0. The molecule has 0 aromatic heterocycles. The third kappa shape index (κ3) is 4.45. The summed E-state index contributed by atoms with van der Waals surface area (Å²) in [6.45, 7) is 12.9. The van der Waals surface area contributed by atoms with Gasteiger partial charge in [0.25, 0.3) is 0 Å². The van der Waals surface area contributed by atoms with Gasteiger partial charge in [-0.3, -0.25) is 0 Å². The van der Waals surface area contributed by atoms with Gasteiger partial charge in [-0.1, -0.05) is 47.5 Å². The van der Waals surface area contributed by atoms with Gasteiger partial charge in [0.15, 0.2) is 0 Å². The molecule has 0 aromatic carbocycles. The van der Waals surface area contributed by atoms with Gasteiger partial charge in [-0.15, -0.1) is 0 Å². The zero-order valence-electron chi connectivity index (χ0n) is 10.9. The Kier molecular flexibility index (Phi) is 7.26. The Balaban J connectivity index is 4.37. The van der Waals surface area contributed by atoms with Gasteiger partial charge in [0, 0.05) is 0 Å². The van der Waals surface area contributed by atoms with Crippen molar-refractivity contribution in [1.29, 1.82) is 0 Å². The Labute approximate surface area is 90.7 Å². The van der Waals surface area contributed by atoms with Crippen molar-refractivity contribution in [3.05, 3.63) is 0 Å². The summed E-state index contributed by atoms with van der Waals surface area (Å²) in [5.74, 6) is 3.32. The molecule has 86 valence electrons. The molecule has 2 unspecified atom stereocenters. The Morgan fingerprint density at radius 1 is 0.929 bits per heavy atom. The van der Waals surface area contributed by atoms with E-state index in [1.165, 1.54) is 19.4 Å². The molecular weight excluding hydrogens is 170 g/mol. The topological polar surface area (TPSA) is 12.0 Å². The summed E-state index contributed by atoms with van der Waals surface area (Å²) in [6.07, 6.45) is 2.69. The Bertz CT molecular complexity index is 113. The Hall–Kier alpha value is -0.0400. The molecule has 0 spiro atoms. The highest BCUT2D eigenvalue weighted by Gasteiger charge is 2.25. The molecule has 0 aliphatic carbocycles. The van der Waals surface area contributed by atoms with Crippen molar-refractivity contribution in [2.75, 3.05) is 13.6 Å². The predicted octanol–water partition coefficient (Wildman–Crippen LogP) is 3.55. The van der Waals surface area contributed by atoms with E-state index in [2.05, 4.69) is 47.0 Å². The van der Waals surface area contributed by atoms with Crippen LogP contribution in [-0.4, -0.2) is 13.6 Å². The fourth-order valence-electron chi connectivity index (χ4n) is 2.49. The normalized spacial score (nSPS) is 16.3. The maximum atomic E-state index is 3.34. The number of hydrogen-bond donors (Lipinski definition) is 1. The van der Waals surface area contributed by atoms with Gasteiger partial charge in [0.1, 0.15) is 0 Å². The zero-order valence-corrected chi connectivity index (χ0v) is 10.9. The van der Waals surface area contributed by atoms with Crippen LogP contribution in [0.5, 0.6) is 0 Å². The molecule has 1 heteroatoms. The fraction of sp³-hybridized carbons (Fsp3) is 1.00. The molecule has 0 saturated heterocycles. The first-order valence-electron chi connectivity index (χ1n) is 6.19. The third-order valence-electron chi connectivity index (χ3n) is 3.32. The van der Waals surface area contributed by atoms with Crippen LogP contribution < -0.4 is 5.32 Å². The number of hydrogen-bond acceptors (Lipinski definition) is 1. The minimum Gasteiger partial charge on any atom is -0.319 e. The van der Waals surface area contributed by atoms with Crippen molar-refractivity contribution in [2.24, 2.45) is 23.7 Å². The van der Waals surface area contributed by atoms with Crippen LogP contribution >= 0.6 is 0 Å². The summed E-state index contributed by atoms with van der Waals surface area (Å²) in [5.41, 5.74) is 0. The van der Waals surface area contributed by atoms with Crippen LogP contribution in [0.1, 0.15) is 47.5 Å². The molecule has 0 rings (SSSR count). The molecule has 0 aromatic rings. The summed E-state index contributed by atoms with van der Waals surface area (Å²) < 4.78 is 0. The minimum atomic E-state index is 0.793. The maximum absolute atomic E-state index is 3.34. The van der Waals surface area contributed by atoms with E-state index in [1.54, 1.807) is 0 Å². The second-order valence-corrected chi connectivity index (χ2v) is 5.16. The quantitative estimate of drug-likeness (QED) is 0.661. The highest BCUT2D eigenvalue weighted by atomic mass is 14.8. The van der Waals surface area contributed by atoms with Gasteiger partial charge in [0.05, 0.1) is 0 Å². The standard InChI is InChI=1S/C13H29N/c1-7-8-12(10(2)3)13(9-14-6)11(4)5/h10-14H,7-9H2,1-6H3. The van der Waals surface area contributed by atoms with Crippen LogP contribution in [0, 0.1) is 23.7 Å². The number of rotatable bonds is 7. The molecule has 0 amide bonds. The van der Waals surface area contributed by atoms with Crippen LogP contribution in [-0.2, 0) is 0 Å². The van der Waals surface area contributed by atoms with E-state index in [0.29, 0.717) is 0 Å². The lowest BCUT2D eigenvalue weighted by Gasteiger charge is -2.33. The molecule has 0 aliphatic rings. The lowest BCUT2D eigenvalue weighted by atomic mass is 9.75. The summed E-state index contributed by atoms with van der Waals surface area (Å²) in [4.78, 5) is 0. The molecule has 0 fully saturated rings. The lowest BCUT2D eigenvalue weighted by Crippen LogP contribution is -2.32. The van der Waals surface area contributed by atoms with E-state index in [9.17, 15) is 0 Å². The van der Waals surface area contributed by atoms with E-state index < -0.39 is 0 Å². The highest BCUT2D eigenvalue weighted by molar-refractivity contribution is 4.76. The molecule has 1 nitrogen and oxygen atoms in total. The first-order chi connectivity index (χ1) is 6.54.